The predicted octanol–water partition coefficient (Wildman–Crippen LogP) is 4.24. The number of halogens is 1. The number of aryl methyl sites for hydroxylation is 3. The van der Waals surface area contributed by atoms with E-state index in [2.05, 4.69) is 11.2 Å². The molecule has 1 N–H and O–H groups in total. The van der Waals surface area contributed by atoms with E-state index in [1.54, 1.807) is 18.3 Å². The van der Waals surface area contributed by atoms with E-state index < -0.39 is 5.82 Å². The Hall–Kier alpha value is -2.65. The van der Waals surface area contributed by atoms with Crippen LogP contribution in [0.1, 0.15) is 21.7 Å². The molecule has 2 aromatic heterocycles. The molecule has 0 saturated heterocycles. The number of hydrogen-bond acceptors (Lipinski definition) is 4. The fourth-order valence-electron chi connectivity index (χ4n) is 2.66. The van der Waals surface area contributed by atoms with Gasteiger partial charge in [-0.15, -0.1) is 11.3 Å². The predicted molar refractivity (Wildman–Crippen MR) is 87.4 cm³/mol. The van der Waals surface area contributed by atoms with Gasteiger partial charge in [-0.05, 0) is 43.8 Å². The minimum absolute atomic E-state index is 0.153. The first-order chi connectivity index (χ1) is 10.9. The normalized spacial score (nSPS) is 10.7. The Labute approximate surface area is 137 Å². The van der Waals surface area contributed by atoms with Gasteiger partial charge in [-0.25, -0.2) is 9.07 Å². The summed E-state index contributed by atoms with van der Waals surface area (Å²) in [6, 6.07) is 6.07. The molecule has 0 radical (unpaired) electrons. The lowest BCUT2D eigenvalue weighted by Crippen LogP contribution is -2.03. The van der Waals surface area contributed by atoms with Crippen molar-refractivity contribution >= 4 is 11.3 Å². The molecule has 0 saturated carbocycles. The van der Waals surface area contributed by atoms with Crippen LogP contribution >= 0.6 is 11.3 Å². The maximum absolute atomic E-state index is 14.3. The zero-order chi connectivity index (χ0) is 16.7. The molecule has 4 nitrogen and oxygen atoms in total. The van der Waals surface area contributed by atoms with E-state index in [4.69, 9.17) is 0 Å². The molecule has 116 valence electrons. The van der Waals surface area contributed by atoms with Crippen LogP contribution in [-0.4, -0.2) is 14.9 Å². The quantitative estimate of drug-likeness (QED) is 0.765. The van der Waals surface area contributed by atoms with Gasteiger partial charge < -0.3 is 5.11 Å². The summed E-state index contributed by atoms with van der Waals surface area (Å²) in [4.78, 5) is 1.04. The van der Waals surface area contributed by atoms with Gasteiger partial charge in [-0.1, -0.05) is 0 Å². The highest BCUT2D eigenvalue weighted by Gasteiger charge is 2.23. The number of thiophene rings is 1. The number of phenols is 1. The van der Waals surface area contributed by atoms with E-state index in [9.17, 15) is 14.8 Å². The smallest absolute Gasteiger partial charge is 0.152 e. The summed E-state index contributed by atoms with van der Waals surface area (Å²) in [6.07, 6.45) is 0. The molecule has 2 heterocycles. The second-order valence-electron chi connectivity index (χ2n) is 5.32. The summed E-state index contributed by atoms with van der Waals surface area (Å²) in [6.45, 7) is 5.65. The van der Waals surface area contributed by atoms with Crippen LogP contribution in [-0.2, 0) is 0 Å². The van der Waals surface area contributed by atoms with Crippen LogP contribution in [0.3, 0.4) is 0 Å². The average molecular weight is 327 g/mol. The topological polar surface area (TPSA) is 61.8 Å². The number of aromatic nitrogens is 2. The molecule has 3 aromatic rings. The SMILES string of the molecule is Cc1csc(C)c1-c1c(C#N)c(C)nn1-c1ccc(O)cc1F. The van der Waals surface area contributed by atoms with Gasteiger partial charge in [0.05, 0.1) is 11.4 Å². The van der Waals surface area contributed by atoms with Crippen LogP contribution in [0.2, 0.25) is 0 Å². The van der Waals surface area contributed by atoms with Gasteiger partial charge >= 0.3 is 0 Å². The van der Waals surface area contributed by atoms with Crippen LogP contribution in [0.5, 0.6) is 5.75 Å². The maximum Gasteiger partial charge on any atom is 0.152 e. The van der Waals surface area contributed by atoms with Crippen molar-refractivity contribution in [1.29, 1.82) is 5.26 Å². The van der Waals surface area contributed by atoms with Crippen molar-refractivity contribution in [3.63, 3.8) is 0 Å². The molecular formula is C17H14FN3OS. The van der Waals surface area contributed by atoms with E-state index in [1.807, 2.05) is 19.2 Å². The minimum atomic E-state index is -0.594. The Kier molecular flexibility index (Phi) is 3.66. The molecule has 1 aromatic carbocycles. The highest BCUT2D eigenvalue weighted by Crippen LogP contribution is 2.37. The standard InChI is InChI=1S/C17H14FN3OS/c1-9-8-23-11(3)16(9)17-13(7-19)10(2)20-21(17)15-5-4-12(22)6-14(15)18/h4-6,8,22H,1-3H3. The number of hydrogen-bond donors (Lipinski definition) is 1. The van der Waals surface area contributed by atoms with Crippen molar-refractivity contribution in [2.24, 2.45) is 0 Å². The number of aromatic hydroxyl groups is 1. The first kappa shape index (κ1) is 15.3. The molecule has 0 aliphatic heterocycles. The van der Waals surface area contributed by atoms with Crippen LogP contribution in [0.25, 0.3) is 16.9 Å². The summed E-state index contributed by atoms with van der Waals surface area (Å²) >= 11 is 1.58. The number of nitrogens with zero attached hydrogens (tertiary/aromatic N) is 3. The van der Waals surface area contributed by atoms with Crippen LogP contribution in [0, 0.1) is 37.9 Å². The van der Waals surface area contributed by atoms with Gasteiger partial charge in [-0.2, -0.15) is 10.4 Å². The third-order valence-corrected chi connectivity index (χ3v) is 4.76. The molecule has 0 spiro atoms. The molecule has 0 unspecified atom stereocenters. The molecule has 0 atom stereocenters. The van der Waals surface area contributed by atoms with Crippen LogP contribution in [0.4, 0.5) is 4.39 Å². The summed E-state index contributed by atoms with van der Waals surface area (Å²) in [5, 5.41) is 25.3. The van der Waals surface area contributed by atoms with Gasteiger partial charge in [0.1, 0.15) is 23.1 Å². The van der Waals surface area contributed by atoms with Gasteiger partial charge in [0.2, 0.25) is 0 Å². The number of nitriles is 1. The lowest BCUT2D eigenvalue weighted by Gasteiger charge is -2.10. The lowest BCUT2D eigenvalue weighted by atomic mass is 10.0. The van der Waals surface area contributed by atoms with Crippen molar-refractivity contribution < 1.29 is 9.50 Å². The van der Waals surface area contributed by atoms with Gasteiger partial charge in [-0.3, -0.25) is 0 Å². The molecule has 6 heteroatoms. The Morgan fingerprint density at radius 2 is 2.04 bits per heavy atom. The van der Waals surface area contributed by atoms with Crippen molar-refractivity contribution in [2.45, 2.75) is 20.8 Å². The zero-order valence-corrected chi connectivity index (χ0v) is 13.7. The van der Waals surface area contributed by atoms with Gasteiger partial charge in [0.15, 0.2) is 5.82 Å². The first-order valence-electron chi connectivity index (χ1n) is 6.97. The van der Waals surface area contributed by atoms with E-state index in [0.717, 1.165) is 22.1 Å². The monoisotopic (exact) mass is 327 g/mol. The molecule has 0 aliphatic rings. The summed E-state index contributed by atoms with van der Waals surface area (Å²) in [7, 11) is 0. The average Bonchev–Trinajstić information content (AvgIpc) is 2.98. The van der Waals surface area contributed by atoms with Crippen LogP contribution < -0.4 is 0 Å². The van der Waals surface area contributed by atoms with Crippen molar-refractivity contribution in [3.8, 4) is 28.8 Å². The van der Waals surface area contributed by atoms with E-state index in [-0.39, 0.29) is 11.4 Å². The Morgan fingerprint density at radius 1 is 1.30 bits per heavy atom. The molecule has 0 amide bonds. The van der Waals surface area contributed by atoms with Crippen molar-refractivity contribution in [2.75, 3.05) is 0 Å². The molecular weight excluding hydrogens is 313 g/mol. The lowest BCUT2D eigenvalue weighted by molar-refractivity contribution is 0.468. The first-order valence-corrected chi connectivity index (χ1v) is 7.85. The largest absolute Gasteiger partial charge is 0.508 e. The van der Waals surface area contributed by atoms with Gasteiger partial charge in [0.25, 0.3) is 0 Å². The summed E-state index contributed by atoms with van der Waals surface area (Å²) in [5.41, 5.74) is 3.68. The zero-order valence-electron chi connectivity index (χ0n) is 12.9. The highest BCUT2D eigenvalue weighted by atomic mass is 32.1. The van der Waals surface area contributed by atoms with Gasteiger partial charge in [0, 0.05) is 16.5 Å². The molecule has 0 bridgehead atoms. The number of phenolic OH excluding ortho intramolecular Hbond substituents is 1. The van der Waals surface area contributed by atoms with E-state index in [0.29, 0.717) is 17.0 Å². The molecule has 3 rings (SSSR count). The van der Waals surface area contributed by atoms with Crippen LogP contribution in [0.15, 0.2) is 23.6 Å². The fraction of sp³-hybridized carbons (Fsp3) is 0.176. The number of rotatable bonds is 2. The molecule has 23 heavy (non-hydrogen) atoms. The summed E-state index contributed by atoms with van der Waals surface area (Å²) < 4.78 is 15.8. The van der Waals surface area contributed by atoms with E-state index in [1.165, 1.54) is 16.8 Å². The fourth-order valence-corrected chi connectivity index (χ4v) is 3.51. The highest BCUT2D eigenvalue weighted by molar-refractivity contribution is 7.10. The Balaban J connectivity index is 2.38. The number of benzene rings is 1. The second-order valence-corrected chi connectivity index (χ2v) is 6.40. The minimum Gasteiger partial charge on any atom is -0.508 e. The maximum atomic E-state index is 14.3. The van der Waals surface area contributed by atoms with E-state index >= 15 is 0 Å². The second kappa shape index (κ2) is 5.52. The Morgan fingerprint density at radius 3 is 2.61 bits per heavy atom. The molecule has 0 aliphatic carbocycles. The summed E-state index contributed by atoms with van der Waals surface area (Å²) in [5.74, 6) is -0.746. The third kappa shape index (κ3) is 2.39. The van der Waals surface area contributed by atoms with Crippen molar-refractivity contribution in [1.82, 2.24) is 9.78 Å². The Bertz CT molecular complexity index is 930. The van der Waals surface area contributed by atoms with Crippen molar-refractivity contribution in [3.05, 3.63) is 51.1 Å². The molecule has 0 fully saturated rings. The third-order valence-electron chi connectivity index (χ3n) is 3.73.